The van der Waals surface area contributed by atoms with E-state index in [1.165, 1.54) is 0 Å². The molecule has 0 saturated heterocycles. The molecule has 2 aromatic carbocycles. The molecule has 5 heteroatoms. The van der Waals surface area contributed by atoms with Gasteiger partial charge in [-0.3, -0.25) is 0 Å². The maximum absolute atomic E-state index is 12.3. The first-order valence-electron chi connectivity index (χ1n) is 8.45. The summed E-state index contributed by atoms with van der Waals surface area (Å²) >= 11 is 0. The van der Waals surface area contributed by atoms with Crippen LogP contribution in [0.2, 0.25) is 0 Å². The first-order valence-corrected chi connectivity index (χ1v) is 8.45. The third-order valence-corrected chi connectivity index (χ3v) is 4.56. The fourth-order valence-corrected chi connectivity index (χ4v) is 3.21. The number of benzene rings is 2. The van der Waals surface area contributed by atoms with Gasteiger partial charge in [-0.2, -0.15) is 0 Å². The normalized spacial score (nSPS) is 21.1. The first-order chi connectivity index (χ1) is 12.2. The highest BCUT2D eigenvalue weighted by molar-refractivity contribution is 5.90. The Bertz CT molecular complexity index is 746. The van der Waals surface area contributed by atoms with E-state index in [0.29, 0.717) is 24.3 Å². The highest BCUT2D eigenvalue weighted by atomic mass is 16.6. The van der Waals surface area contributed by atoms with Crippen LogP contribution in [-0.2, 0) is 27.2 Å². The van der Waals surface area contributed by atoms with Crippen molar-refractivity contribution in [2.24, 2.45) is 0 Å². The van der Waals surface area contributed by atoms with Crippen molar-refractivity contribution in [3.63, 3.8) is 0 Å². The largest absolute Gasteiger partial charge is 0.478 e. The number of esters is 2. The van der Waals surface area contributed by atoms with Crippen LogP contribution >= 0.6 is 0 Å². The lowest BCUT2D eigenvalue weighted by Gasteiger charge is -2.26. The molecule has 0 fully saturated rings. The molecule has 0 spiro atoms. The highest BCUT2D eigenvalue weighted by Gasteiger charge is 2.33. The Labute approximate surface area is 145 Å². The fourth-order valence-electron chi connectivity index (χ4n) is 3.21. The van der Waals surface area contributed by atoms with E-state index in [2.05, 4.69) is 0 Å². The highest BCUT2D eigenvalue weighted by Crippen LogP contribution is 2.29. The fraction of sp³-hybridized carbons (Fsp3) is 0.300. The summed E-state index contributed by atoms with van der Waals surface area (Å²) in [5, 5.41) is 0. The summed E-state index contributed by atoms with van der Waals surface area (Å²) in [5.41, 5.74) is 2.12. The van der Waals surface area contributed by atoms with Crippen molar-refractivity contribution in [2.45, 2.75) is 37.9 Å². The molecule has 0 aromatic heterocycles. The second kappa shape index (κ2) is 6.59. The van der Waals surface area contributed by atoms with Gasteiger partial charge in [-0.25, -0.2) is 9.59 Å². The van der Waals surface area contributed by atoms with Gasteiger partial charge in [0.2, 0.25) is 0 Å². The third kappa shape index (κ3) is 3.22. The van der Waals surface area contributed by atoms with E-state index < -0.39 is 24.1 Å². The quantitative estimate of drug-likeness (QED) is 0.622. The van der Waals surface area contributed by atoms with Crippen molar-refractivity contribution in [2.75, 3.05) is 0 Å². The molecular formula is C20H18O5. The zero-order valence-electron chi connectivity index (χ0n) is 13.6. The zero-order valence-corrected chi connectivity index (χ0v) is 13.6. The number of carbonyl (C=O) groups is 2. The molecule has 0 saturated carbocycles. The molecule has 0 radical (unpaired) electrons. The van der Waals surface area contributed by atoms with Crippen molar-refractivity contribution in [1.29, 1.82) is 0 Å². The second-order valence-corrected chi connectivity index (χ2v) is 6.25. The van der Waals surface area contributed by atoms with Gasteiger partial charge in [0.05, 0.1) is 0 Å². The molecule has 25 heavy (non-hydrogen) atoms. The summed E-state index contributed by atoms with van der Waals surface area (Å²) in [6, 6.07) is 15.1. The molecule has 2 aromatic rings. The van der Waals surface area contributed by atoms with Gasteiger partial charge in [-0.1, -0.05) is 36.4 Å². The van der Waals surface area contributed by atoms with Crippen LogP contribution in [0.25, 0.3) is 0 Å². The van der Waals surface area contributed by atoms with Gasteiger partial charge in [0.1, 0.15) is 11.5 Å². The Morgan fingerprint density at radius 3 is 1.68 bits per heavy atom. The van der Waals surface area contributed by atoms with Crippen LogP contribution in [0, 0.1) is 0 Å². The summed E-state index contributed by atoms with van der Waals surface area (Å²) in [4.78, 5) is 24.6. The van der Waals surface area contributed by atoms with E-state index in [9.17, 15) is 9.59 Å². The lowest BCUT2D eigenvalue weighted by molar-refractivity contribution is -0.170. The predicted molar refractivity (Wildman–Crippen MR) is 89.5 cm³/mol. The second-order valence-electron chi connectivity index (χ2n) is 6.25. The van der Waals surface area contributed by atoms with Gasteiger partial charge in [-0.15, -0.1) is 0 Å². The maximum Gasteiger partial charge on any atom is 0.355 e. The molecular weight excluding hydrogens is 320 g/mol. The average molecular weight is 338 g/mol. The number of hydrogen-bond acceptors (Lipinski definition) is 5. The van der Waals surface area contributed by atoms with Gasteiger partial charge in [-0.05, 0) is 48.9 Å². The van der Waals surface area contributed by atoms with Gasteiger partial charge < -0.3 is 14.2 Å². The van der Waals surface area contributed by atoms with Crippen molar-refractivity contribution in [1.82, 2.24) is 0 Å². The number of para-hydroxylation sites is 2. The number of hydrogen-bond donors (Lipinski definition) is 0. The molecule has 128 valence electrons. The number of aryl methyl sites for hydroxylation is 2. The minimum Gasteiger partial charge on any atom is -0.478 e. The predicted octanol–water partition coefficient (Wildman–Crippen LogP) is 2.84. The van der Waals surface area contributed by atoms with E-state index in [0.717, 1.165) is 24.0 Å². The molecule has 2 aliphatic heterocycles. The van der Waals surface area contributed by atoms with Crippen LogP contribution < -0.4 is 9.47 Å². The van der Waals surface area contributed by atoms with E-state index in [1.807, 2.05) is 48.5 Å². The lowest BCUT2D eigenvalue weighted by atomic mass is 10.0. The van der Waals surface area contributed by atoms with Crippen molar-refractivity contribution in [3.8, 4) is 11.5 Å². The Balaban J connectivity index is 1.38. The van der Waals surface area contributed by atoms with E-state index in [4.69, 9.17) is 14.2 Å². The van der Waals surface area contributed by atoms with Crippen molar-refractivity contribution in [3.05, 3.63) is 59.7 Å². The summed E-state index contributed by atoms with van der Waals surface area (Å²) in [6.07, 6.45) is 0.925. The number of ether oxygens (including phenoxy) is 3. The zero-order chi connectivity index (χ0) is 17.2. The average Bonchev–Trinajstić information content (AvgIpc) is 2.67. The smallest absolute Gasteiger partial charge is 0.355 e. The Hall–Kier alpha value is -2.82. The van der Waals surface area contributed by atoms with Crippen LogP contribution in [0.15, 0.2) is 48.5 Å². The summed E-state index contributed by atoms with van der Waals surface area (Å²) in [6.45, 7) is 0. The summed E-state index contributed by atoms with van der Waals surface area (Å²) in [7, 11) is 0. The molecule has 2 aliphatic rings. The molecule has 0 amide bonds. The van der Waals surface area contributed by atoms with E-state index in [1.54, 1.807) is 0 Å². The van der Waals surface area contributed by atoms with Crippen LogP contribution in [0.5, 0.6) is 11.5 Å². The molecule has 0 aliphatic carbocycles. The minimum absolute atomic E-state index is 0.498. The van der Waals surface area contributed by atoms with E-state index >= 15 is 0 Å². The topological polar surface area (TPSA) is 61.8 Å². The number of fused-ring (bicyclic) bond motifs is 2. The molecule has 0 bridgehead atoms. The molecule has 0 unspecified atom stereocenters. The standard InChI is InChI=1S/C20H18O5/c21-19(17-11-9-13-5-1-3-7-15(13)23-17)25-20(22)18-12-10-14-6-2-4-8-16(14)24-18/h1-8,17-18H,9-12H2/t17-,18-/m1/s1. The Morgan fingerprint density at radius 1 is 0.760 bits per heavy atom. The third-order valence-electron chi connectivity index (χ3n) is 4.56. The number of carbonyl (C=O) groups excluding carboxylic acids is 2. The van der Waals surface area contributed by atoms with Gasteiger partial charge >= 0.3 is 11.9 Å². The maximum atomic E-state index is 12.3. The molecule has 2 atom stereocenters. The molecule has 4 rings (SSSR count). The molecule has 2 heterocycles. The van der Waals surface area contributed by atoms with Gasteiger partial charge in [0.25, 0.3) is 0 Å². The molecule has 0 N–H and O–H groups in total. The Kier molecular flexibility index (Phi) is 4.14. The first kappa shape index (κ1) is 15.7. The lowest BCUT2D eigenvalue weighted by Crippen LogP contribution is -2.39. The SMILES string of the molecule is O=C(OC(=O)[C@H]1CCc2ccccc2O1)[C@H]1CCc2ccccc2O1. The van der Waals surface area contributed by atoms with Crippen LogP contribution in [0.4, 0.5) is 0 Å². The minimum atomic E-state index is -0.755. The monoisotopic (exact) mass is 338 g/mol. The van der Waals surface area contributed by atoms with Crippen molar-refractivity contribution >= 4 is 11.9 Å². The molecule has 5 nitrogen and oxygen atoms in total. The van der Waals surface area contributed by atoms with E-state index in [-0.39, 0.29) is 0 Å². The van der Waals surface area contributed by atoms with Crippen LogP contribution in [0.3, 0.4) is 0 Å². The van der Waals surface area contributed by atoms with Crippen LogP contribution in [0.1, 0.15) is 24.0 Å². The van der Waals surface area contributed by atoms with Gasteiger partial charge in [0.15, 0.2) is 12.2 Å². The van der Waals surface area contributed by atoms with Gasteiger partial charge in [0, 0.05) is 0 Å². The summed E-state index contributed by atoms with van der Waals surface area (Å²) in [5.74, 6) is 0.0425. The van der Waals surface area contributed by atoms with Crippen LogP contribution in [-0.4, -0.2) is 24.1 Å². The summed E-state index contributed by atoms with van der Waals surface area (Å²) < 4.78 is 16.4. The Morgan fingerprint density at radius 2 is 1.20 bits per heavy atom. The van der Waals surface area contributed by atoms with Crippen molar-refractivity contribution < 1.29 is 23.8 Å². The number of rotatable bonds is 2.